The molecule has 2 aromatic carbocycles. The van der Waals surface area contributed by atoms with E-state index in [2.05, 4.69) is 0 Å². The highest BCUT2D eigenvalue weighted by Gasteiger charge is 2.12. The third-order valence-corrected chi connectivity index (χ3v) is 3.06. The predicted octanol–water partition coefficient (Wildman–Crippen LogP) is 4.57. The van der Waals surface area contributed by atoms with Crippen LogP contribution < -0.4 is 4.74 Å². The van der Waals surface area contributed by atoms with E-state index < -0.39 is 10.7 Å². The van der Waals surface area contributed by atoms with Crippen molar-refractivity contribution >= 4 is 17.3 Å². The fourth-order valence-corrected chi connectivity index (χ4v) is 1.89. The maximum atomic E-state index is 13.1. The maximum Gasteiger partial charge on any atom is 0.273 e. The number of benzene rings is 2. The first kappa shape index (κ1) is 14.3. The summed E-state index contributed by atoms with van der Waals surface area (Å²) in [4.78, 5) is 10.3. The van der Waals surface area contributed by atoms with Crippen molar-refractivity contribution in [3.05, 3.63) is 63.5 Å². The molecule has 0 radical (unpaired) electrons. The van der Waals surface area contributed by atoms with Crippen LogP contribution in [0.1, 0.15) is 11.1 Å². The Morgan fingerprint density at radius 1 is 1.25 bits per heavy atom. The summed E-state index contributed by atoms with van der Waals surface area (Å²) in [5.41, 5.74) is 1.15. The van der Waals surface area contributed by atoms with E-state index in [1.54, 1.807) is 13.0 Å². The summed E-state index contributed by atoms with van der Waals surface area (Å²) in [5, 5.41) is 10.8. The molecule has 2 rings (SSSR count). The Bertz CT molecular complexity index is 661. The SMILES string of the molecule is Cc1ccc([N+](=O)[O-])cc1Oc1ccc(F)cc1CCl. The number of rotatable bonds is 4. The van der Waals surface area contributed by atoms with Crippen LogP contribution in [-0.4, -0.2) is 4.92 Å². The Labute approximate surface area is 119 Å². The van der Waals surface area contributed by atoms with E-state index in [0.717, 1.165) is 5.56 Å². The molecule has 4 nitrogen and oxygen atoms in total. The summed E-state index contributed by atoms with van der Waals surface area (Å²) in [7, 11) is 0. The van der Waals surface area contributed by atoms with Gasteiger partial charge in [-0.2, -0.15) is 0 Å². The second-order valence-electron chi connectivity index (χ2n) is 4.19. The number of aryl methyl sites for hydroxylation is 1. The highest BCUT2D eigenvalue weighted by molar-refractivity contribution is 6.17. The van der Waals surface area contributed by atoms with E-state index >= 15 is 0 Å². The predicted molar refractivity (Wildman–Crippen MR) is 73.9 cm³/mol. The van der Waals surface area contributed by atoms with Gasteiger partial charge in [-0.15, -0.1) is 11.6 Å². The van der Waals surface area contributed by atoms with E-state index in [0.29, 0.717) is 17.1 Å². The lowest BCUT2D eigenvalue weighted by molar-refractivity contribution is -0.384. The summed E-state index contributed by atoms with van der Waals surface area (Å²) in [6.45, 7) is 1.77. The molecule has 0 fully saturated rings. The number of non-ortho nitro benzene ring substituents is 1. The molecule has 0 aliphatic carbocycles. The third-order valence-electron chi connectivity index (χ3n) is 2.77. The molecular formula is C14H11ClFNO3. The average Bonchev–Trinajstić information content (AvgIpc) is 2.42. The Morgan fingerprint density at radius 2 is 2.00 bits per heavy atom. The van der Waals surface area contributed by atoms with Crippen LogP contribution in [0.15, 0.2) is 36.4 Å². The molecule has 0 unspecified atom stereocenters. The minimum absolute atomic E-state index is 0.0693. The van der Waals surface area contributed by atoms with Gasteiger partial charge in [0.05, 0.1) is 16.9 Å². The van der Waals surface area contributed by atoms with Crippen molar-refractivity contribution in [3.8, 4) is 11.5 Å². The number of halogens is 2. The molecule has 0 saturated heterocycles. The average molecular weight is 296 g/mol. The Hall–Kier alpha value is -2.14. The van der Waals surface area contributed by atoms with E-state index in [9.17, 15) is 14.5 Å². The quantitative estimate of drug-likeness (QED) is 0.471. The van der Waals surface area contributed by atoms with Crippen LogP contribution in [0.2, 0.25) is 0 Å². The van der Waals surface area contributed by atoms with Gasteiger partial charge in [-0.3, -0.25) is 10.1 Å². The van der Waals surface area contributed by atoms with Crippen molar-refractivity contribution in [2.24, 2.45) is 0 Å². The first-order valence-corrected chi connectivity index (χ1v) is 6.32. The minimum atomic E-state index is -0.501. The summed E-state index contributed by atoms with van der Waals surface area (Å²) in [6.07, 6.45) is 0. The zero-order valence-electron chi connectivity index (χ0n) is 10.6. The van der Waals surface area contributed by atoms with Gasteiger partial charge in [0.15, 0.2) is 0 Å². The number of nitro benzene ring substituents is 1. The molecular weight excluding hydrogens is 285 g/mol. The van der Waals surface area contributed by atoms with Gasteiger partial charge >= 0.3 is 0 Å². The molecule has 0 bridgehead atoms. The van der Waals surface area contributed by atoms with Gasteiger partial charge in [0.1, 0.15) is 17.3 Å². The monoisotopic (exact) mass is 295 g/mol. The fourth-order valence-electron chi connectivity index (χ4n) is 1.68. The first-order chi connectivity index (χ1) is 9.51. The highest BCUT2D eigenvalue weighted by atomic mass is 35.5. The standard InChI is InChI=1S/C14H11ClFNO3/c1-9-2-4-12(17(18)19)7-14(9)20-13-5-3-11(16)6-10(13)8-15/h2-7H,8H2,1H3. The zero-order chi connectivity index (χ0) is 14.7. The van der Waals surface area contributed by atoms with Crippen LogP contribution in [0.3, 0.4) is 0 Å². The molecule has 0 N–H and O–H groups in total. The van der Waals surface area contributed by atoms with Gasteiger partial charge < -0.3 is 4.74 Å². The second-order valence-corrected chi connectivity index (χ2v) is 4.46. The van der Waals surface area contributed by atoms with Crippen molar-refractivity contribution in [2.45, 2.75) is 12.8 Å². The highest BCUT2D eigenvalue weighted by Crippen LogP contribution is 2.31. The summed E-state index contributed by atoms with van der Waals surface area (Å²) < 4.78 is 18.7. The fraction of sp³-hybridized carbons (Fsp3) is 0.143. The Kier molecular flexibility index (Phi) is 4.20. The topological polar surface area (TPSA) is 52.4 Å². The molecule has 0 aliphatic heterocycles. The number of nitro groups is 1. The van der Waals surface area contributed by atoms with Gasteiger partial charge in [0.25, 0.3) is 5.69 Å². The maximum absolute atomic E-state index is 13.1. The van der Waals surface area contributed by atoms with Crippen LogP contribution in [0.25, 0.3) is 0 Å². The number of ether oxygens (including phenoxy) is 1. The molecule has 0 heterocycles. The molecule has 0 amide bonds. The van der Waals surface area contributed by atoms with Crippen molar-refractivity contribution in [2.75, 3.05) is 0 Å². The molecule has 0 spiro atoms. The van der Waals surface area contributed by atoms with Crippen molar-refractivity contribution < 1.29 is 14.1 Å². The molecule has 0 aromatic heterocycles. The molecule has 6 heteroatoms. The molecule has 2 aromatic rings. The number of nitrogens with zero attached hydrogens (tertiary/aromatic N) is 1. The lowest BCUT2D eigenvalue weighted by atomic mass is 10.2. The summed E-state index contributed by atoms with van der Waals surface area (Å²) in [6, 6.07) is 8.29. The number of hydrogen-bond donors (Lipinski definition) is 0. The Balaban J connectivity index is 2.39. The molecule has 0 atom stereocenters. The van der Waals surface area contributed by atoms with Crippen molar-refractivity contribution in [1.82, 2.24) is 0 Å². The smallest absolute Gasteiger partial charge is 0.273 e. The van der Waals surface area contributed by atoms with Crippen LogP contribution in [-0.2, 0) is 5.88 Å². The van der Waals surface area contributed by atoms with E-state index in [4.69, 9.17) is 16.3 Å². The lowest BCUT2D eigenvalue weighted by Crippen LogP contribution is -1.95. The van der Waals surface area contributed by atoms with Gasteiger partial charge in [0, 0.05) is 11.6 Å². The molecule has 20 heavy (non-hydrogen) atoms. The first-order valence-electron chi connectivity index (χ1n) is 5.78. The minimum Gasteiger partial charge on any atom is -0.456 e. The molecule has 104 valence electrons. The largest absolute Gasteiger partial charge is 0.456 e. The number of hydrogen-bond acceptors (Lipinski definition) is 3. The lowest BCUT2D eigenvalue weighted by Gasteiger charge is -2.11. The van der Waals surface area contributed by atoms with Crippen LogP contribution >= 0.6 is 11.6 Å². The van der Waals surface area contributed by atoms with Crippen molar-refractivity contribution in [3.63, 3.8) is 0 Å². The van der Waals surface area contributed by atoms with Gasteiger partial charge in [-0.05, 0) is 36.8 Å². The van der Waals surface area contributed by atoms with E-state index in [-0.39, 0.29) is 11.6 Å². The van der Waals surface area contributed by atoms with Crippen LogP contribution in [0.5, 0.6) is 11.5 Å². The summed E-state index contributed by atoms with van der Waals surface area (Å²) in [5.74, 6) is 0.395. The molecule has 0 aliphatic rings. The van der Waals surface area contributed by atoms with Crippen LogP contribution in [0.4, 0.5) is 10.1 Å². The second kappa shape index (κ2) is 5.88. The molecule has 0 saturated carbocycles. The van der Waals surface area contributed by atoms with Crippen molar-refractivity contribution in [1.29, 1.82) is 0 Å². The van der Waals surface area contributed by atoms with E-state index in [1.165, 1.54) is 30.3 Å². The third kappa shape index (κ3) is 3.05. The Morgan fingerprint density at radius 3 is 2.65 bits per heavy atom. The normalized spacial score (nSPS) is 10.3. The zero-order valence-corrected chi connectivity index (χ0v) is 11.4. The summed E-state index contributed by atoms with van der Waals surface area (Å²) >= 11 is 5.74. The van der Waals surface area contributed by atoms with Gasteiger partial charge in [-0.25, -0.2) is 4.39 Å². The van der Waals surface area contributed by atoms with Gasteiger partial charge in [-0.1, -0.05) is 0 Å². The van der Waals surface area contributed by atoms with E-state index in [1.807, 2.05) is 0 Å². The van der Waals surface area contributed by atoms with Crippen LogP contribution in [0, 0.1) is 22.9 Å². The number of alkyl halides is 1. The van der Waals surface area contributed by atoms with Gasteiger partial charge in [0.2, 0.25) is 0 Å².